The zero-order valence-electron chi connectivity index (χ0n) is 23.7. The van der Waals surface area contributed by atoms with Gasteiger partial charge in [0.1, 0.15) is 34.4 Å². The summed E-state index contributed by atoms with van der Waals surface area (Å²) in [5, 5.41) is 48.6. The number of aliphatic hydroxyl groups excluding tert-OH is 2. The lowest BCUT2D eigenvalue weighted by Gasteiger charge is -2.48. The number of primary amides is 1. The molecule has 0 saturated heterocycles. The quantitative estimate of drug-likeness (QED) is 0.284. The number of rotatable bonds is 6. The first-order chi connectivity index (χ1) is 19.2. The summed E-state index contributed by atoms with van der Waals surface area (Å²) in [5.41, 5.74) is 4.62. The van der Waals surface area contributed by atoms with Crippen LogP contribution >= 0.6 is 0 Å². The van der Waals surface area contributed by atoms with Crippen molar-refractivity contribution in [2.24, 2.45) is 23.5 Å². The molecule has 1 saturated carbocycles. The summed E-state index contributed by atoms with van der Waals surface area (Å²) in [6.45, 7) is 5.92. The molecule has 7 N–H and O–H groups in total. The first kappa shape index (κ1) is 28.4. The molecule has 1 fully saturated rings. The third kappa shape index (κ3) is 4.14. The van der Waals surface area contributed by atoms with Crippen LogP contribution in [0.2, 0.25) is 0 Å². The molecule has 4 atom stereocenters. The van der Waals surface area contributed by atoms with Crippen LogP contribution in [0.5, 0.6) is 5.75 Å². The molecule has 3 aliphatic carbocycles. The number of benzene rings is 1. The highest BCUT2D eigenvalue weighted by Gasteiger charge is 2.62. The fourth-order valence-electron chi connectivity index (χ4n) is 6.63. The molecular formula is C30H35N3O8. The molecule has 0 spiro atoms. The maximum atomic E-state index is 13.9. The van der Waals surface area contributed by atoms with E-state index in [2.05, 4.69) is 5.32 Å². The van der Waals surface area contributed by atoms with Gasteiger partial charge in [-0.1, -0.05) is 6.92 Å². The number of hydrogen-bond donors (Lipinski definition) is 6. The van der Waals surface area contributed by atoms with Crippen molar-refractivity contribution in [1.29, 1.82) is 0 Å². The van der Waals surface area contributed by atoms with Crippen LogP contribution in [0.25, 0.3) is 5.76 Å². The van der Waals surface area contributed by atoms with Crippen LogP contribution in [0.1, 0.15) is 47.1 Å². The van der Waals surface area contributed by atoms with E-state index >= 15 is 0 Å². The first-order valence-corrected chi connectivity index (χ1v) is 13.5. The Kier molecular flexibility index (Phi) is 6.78. The Balaban J connectivity index is 1.59. The number of hydrogen-bond acceptors (Lipinski definition) is 10. The van der Waals surface area contributed by atoms with Gasteiger partial charge in [0.25, 0.3) is 5.91 Å². The van der Waals surface area contributed by atoms with Gasteiger partial charge in [-0.25, -0.2) is 0 Å². The largest absolute Gasteiger partial charge is 0.508 e. The predicted molar refractivity (Wildman–Crippen MR) is 149 cm³/mol. The number of aliphatic hydroxyl groups is 3. The molecule has 11 nitrogen and oxygen atoms in total. The molecule has 1 heterocycles. The number of aryl methyl sites for hydroxylation is 2. The number of phenolic OH excluding ortho intramolecular Hbond substituents is 1. The standard InChI is InChI=1S/C30H35N3O8/c1-12-6-17(41-14(12)3)11-32-10-16-9-20(33(4)5)18-7-15-8-19-13(2)24(34)23(29(31)39)28(38)30(19,40)27(37)21(15)26(36)22(18)25(16)35/h6,9,13,15,19,32,35-36,38,40H,7-8,10-11H2,1-5H3,(H2,31,39)/t13-,15-,19-,30-/m0/s1. The van der Waals surface area contributed by atoms with Crippen LogP contribution in [0.15, 0.2) is 33.5 Å². The van der Waals surface area contributed by atoms with Gasteiger partial charge in [-0.05, 0) is 55.9 Å². The number of phenols is 1. The lowest BCUT2D eigenvalue weighted by molar-refractivity contribution is -0.152. The second kappa shape index (κ2) is 9.78. The van der Waals surface area contributed by atoms with Crippen molar-refractivity contribution >= 4 is 28.9 Å². The first-order valence-electron chi connectivity index (χ1n) is 13.5. The van der Waals surface area contributed by atoms with Crippen molar-refractivity contribution in [3.63, 3.8) is 0 Å². The zero-order valence-corrected chi connectivity index (χ0v) is 23.7. The van der Waals surface area contributed by atoms with Crippen LogP contribution in [0.4, 0.5) is 5.69 Å². The van der Waals surface area contributed by atoms with Gasteiger partial charge in [-0.2, -0.15) is 0 Å². The average molecular weight is 566 g/mol. The van der Waals surface area contributed by atoms with E-state index in [1.54, 1.807) is 0 Å². The Labute approximate surface area is 236 Å². The van der Waals surface area contributed by atoms with E-state index in [9.17, 15) is 34.8 Å². The molecule has 2 aromatic rings. The summed E-state index contributed by atoms with van der Waals surface area (Å²) >= 11 is 0. The van der Waals surface area contributed by atoms with Crippen LogP contribution in [0, 0.1) is 31.6 Å². The fraction of sp³-hybridized carbons (Fsp3) is 0.433. The highest BCUT2D eigenvalue weighted by molar-refractivity contribution is 6.23. The van der Waals surface area contributed by atoms with Crippen LogP contribution in [-0.4, -0.2) is 57.6 Å². The third-order valence-electron chi connectivity index (χ3n) is 8.90. The second-order valence-corrected chi connectivity index (χ2v) is 11.5. The molecule has 0 bridgehead atoms. The normalized spacial score (nSPS) is 25.7. The summed E-state index contributed by atoms with van der Waals surface area (Å²) in [4.78, 5) is 40.6. The van der Waals surface area contributed by atoms with E-state index in [4.69, 9.17) is 10.2 Å². The number of carbonyl (C=O) groups excluding carboxylic acids is 3. The minimum atomic E-state index is -2.62. The Morgan fingerprint density at radius 1 is 1.17 bits per heavy atom. The van der Waals surface area contributed by atoms with Crippen LogP contribution < -0.4 is 16.0 Å². The Hall–Kier alpha value is -4.09. The molecular weight excluding hydrogens is 530 g/mol. The number of anilines is 1. The average Bonchev–Trinajstić information content (AvgIpc) is 3.22. The molecule has 218 valence electrons. The number of aromatic hydroxyl groups is 1. The lowest BCUT2D eigenvalue weighted by Crippen LogP contribution is -2.61. The van der Waals surface area contributed by atoms with Gasteiger partial charge < -0.3 is 40.8 Å². The van der Waals surface area contributed by atoms with Crippen molar-refractivity contribution in [3.8, 4) is 5.75 Å². The van der Waals surface area contributed by atoms with Gasteiger partial charge in [0.15, 0.2) is 11.4 Å². The maximum absolute atomic E-state index is 13.9. The Bertz CT molecular complexity index is 1550. The summed E-state index contributed by atoms with van der Waals surface area (Å²) in [6.07, 6.45) is 0.309. The Morgan fingerprint density at radius 2 is 1.85 bits per heavy atom. The summed E-state index contributed by atoms with van der Waals surface area (Å²) in [5.74, 6) is -5.91. The molecule has 0 unspecified atom stereocenters. The van der Waals surface area contributed by atoms with Gasteiger partial charge in [0, 0.05) is 49.3 Å². The van der Waals surface area contributed by atoms with E-state index in [0.717, 1.165) is 22.8 Å². The monoisotopic (exact) mass is 565 g/mol. The van der Waals surface area contributed by atoms with Gasteiger partial charge in [0.2, 0.25) is 5.78 Å². The van der Waals surface area contributed by atoms with E-state index < -0.39 is 57.9 Å². The highest BCUT2D eigenvalue weighted by atomic mass is 16.4. The van der Waals surface area contributed by atoms with Gasteiger partial charge in [0.05, 0.1) is 12.1 Å². The van der Waals surface area contributed by atoms with E-state index in [-0.39, 0.29) is 36.3 Å². The number of nitrogens with one attached hydrogen (secondary N) is 1. The Morgan fingerprint density at radius 3 is 2.44 bits per heavy atom. The molecule has 1 aromatic carbocycles. The van der Waals surface area contributed by atoms with E-state index in [1.807, 2.05) is 45.0 Å². The zero-order chi connectivity index (χ0) is 30.1. The van der Waals surface area contributed by atoms with E-state index in [1.165, 1.54) is 6.92 Å². The number of nitrogens with two attached hydrogens (primary N) is 1. The molecule has 41 heavy (non-hydrogen) atoms. The van der Waals surface area contributed by atoms with Crippen LogP contribution in [0.3, 0.4) is 0 Å². The van der Waals surface area contributed by atoms with Gasteiger partial charge >= 0.3 is 0 Å². The fourth-order valence-corrected chi connectivity index (χ4v) is 6.63. The molecule has 1 amide bonds. The predicted octanol–water partition coefficient (Wildman–Crippen LogP) is 2.24. The second-order valence-electron chi connectivity index (χ2n) is 11.5. The molecule has 3 aliphatic rings. The van der Waals surface area contributed by atoms with Crippen LogP contribution in [-0.2, 0) is 33.9 Å². The molecule has 5 rings (SSSR count). The van der Waals surface area contributed by atoms with Crippen molar-refractivity contribution in [1.82, 2.24) is 5.32 Å². The van der Waals surface area contributed by atoms with E-state index in [0.29, 0.717) is 17.7 Å². The van der Waals surface area contributed by atoms with Crippen molar-refractivity contribution in [2.75, 3.05) is 19.0 Å². The summed E-state index contributed by atoms with van der Waals surface area (Å²) < 4.78 is 5.70. The van der Waals surface area contributed by atoms with Crippen molar-refractivity contribution in [3.05, 3.63) is 62.8 Å². The van der Waals surface area contributed by atoms with Gasteiger partial charge in [-0.3, -0.25) is 14.4 Å². The number of carbonyl (C=O) groups is 3. The highest BCUT2D eigenvalue weighted by Crippen LogP contribution is 2.54. The number of furan rings is 1. The molecule has 1 aromatic heterocycles. The lowest BCUT2D eigenvalue weighted by atomic mass is 9.56. The number of amides is 1. The third-order valence-corrected chi connectivity index (χ3v) is 8.90. The topological polar surface area (TPSA) is 187 Å². The SMILES string of the molecule is Cc1cc(CNCc2cc(N(C)C)c3c(c2O)C(O)=C2C(=O)[C@]4(O)C(O)=C(C(N)=O)C(=O)[C@@H](C)[C@@H]4C[C@@H]2C3)oc1C. The summed E-state index contributed by atoms with van der Waals surface area (Å²) in [7, 11) is 3.66. The maximum Gasteiger partial charge on any atom is 0.255 e. The number of nitrogens with zero attached hydrogens (tertiary/aromatic N) is 1. The van der Waals surface area contributed by atoms with Crippen molar-refractivity contribution in [2.45, 2.75) is 52.3 Å². The molecule has 0 radical (unpaired) electrons. The number of Topliss-reactive ketones (excluding diaryl/α,β-unsaturated/α-hetero) is 2. The number of ketones is 2. The van der Waals surface area contributed by atoms with Crippen molar-refractivity contribution < 1.29 is 39.2 Å². The molecule has 11 heteroatoms. The number of fused-ring (bicyclic) bond motifs is 3. The molecule has 0 aliphatic heterocycles. The summed E-state index contributed by atoms with van der Waals surface area (Å²) in [6, 6.07) is 3.75. The minimum Gasteiger partial charge on any atom is -0.508 e. The van der Waals surface area contributed by atoms with Gasteiger partial charge in [-0.15, -0.1) is 0 Å². The minimum absolute atomic E-state index is 0.0675. The smallest absolute Gasteiger partial charge is 0.255 e.